The summed E-state index contributed by atoms with van der Waals surface area (Å²) in [4.78, 5) is 11.0. The summed E-state index contributed by atoms with van der Waals surface area (Å²) in [7, 11) is -3.63. The fraction of sp³-hybridized carbons (Fsp3) is 0.300. The third-order valence-corrected chi connectivity index (χ3v) is 3.83. The minimum atomic E-state index is -4.73. The highest BCUT2D eigenvalue weighted by Gasteiger charge is 2.31. The number of nitrogen functional groups attached to an aromatic ring is 1. The third-order valence-electron chi connectivity index (χ3n) is 2.41. The topological polar surface area (TPSA) is 113 Å². The second-order valence-electron chi connectivity index (χ2n) is 3.99. The van der Waals surface area contributed by atoms with E-state index in [9.17, 15) is 26.4 Å². The third kappa shape index (κ3) is 4.49. The average molecular weight is 327 g/mol. The zero-order chi connectivity index (χ0) is 16.4. The molecule has 0 fully saturated rings. The second kappa shape index (κ2) is 5.77. The van der Waals surface area contributed by atoms with Gasteiger partial charge in [0, 0.05) is 12.7 Å². The number of hydrogen-bond donors (Lipinski definition) is 3. The molecule has 0 aromatic heterocycles. The van der Waals surface area contributed by atoms with E-state index in [4.69, 9.17) is 10.8 Å². The quantitative estimate of drug-likeness (QED) is 0.692. The van der Waals surface area contributed by atoms with Crippen LogP contribution in [0, 0.1) is 0 Å². The molecule has 0 heterocycles. The van der Waals surface area contributed by atoms with E-state index in [2.05, 4.69) is 0 Å². The minimum Gasteiger partial charge on any atom is -0.478 e. The Morgan fingerprint density at radius 1 is 1.43 bits per heavy atom. The van der Waals surface area contributed by atoms with Crippen molar-refractivity contribution >= 4 is 27.6 Å². The molecule has 1 aromatic rings. The molecule has 0 aliphatic rings. The molecular weight excluding hydrogens is 315 g/mol. The fourth-order valence-electron chi connectivity index (χ4n) is 1.40. The number of benzene rings is 1. The van der Waals surface area contributed by atoms with Gasteiger partial charge in [-0.15, -0.1) is 0 Å². The molecule has 21 heavy (non-hydrogen) atoms. The smallest absolute Gasteiger partial charge is 0.402 e. The van der Waals surface area contributed by atoms with Gasteiger partial charge in [0.1, 0.15) is 6.54 Å². The highest BCUT2D eigenvalue weighted by molar-refractivity contribution is 7.90. The minimum absolute atomic E-state index is 0.0743. The van der Waals surface area contributed by atoms with E-state index in [-0.39, 0.29) is 11.4 Å². The SMILES string of the molecule is CN(c1ccc(N)cc1C(=O)O)S(=O)(=O)NCC(F)(F)F. The summed E-state index contributed by atoms with van der Waals surface area (Å²) < 4.78 is 61.4. The van der Waals surface area contributed by atoms with Gasteiger partial charge >= 0.3 is 22.4 Å². The monoisotopic (exact) mass is 327 g/mol. The van der Waals surface area contributed by atoms with E-state index >= 15 is 0 Å². The van der Waals surface area contributed by atoms with Crippen LogP contribution in [0.25, 0.3) is 0 Å². The van der Waals surface area contributed by atoms with Gasteiger partial charge in [-0.2, -0.15) is 26.3 Å². The van der Waals surface area contributed by atoms with E-state index in [1.54, 1.807) is 0 Å². The molecule has 11 heteroatoms. The number of rotatable bonds is 5. The molecule has 0 saturated carbocycles. The Balaban J connectivity index is 3.13. The molecule has 4 N–H and O–H groups in total. The van der Waals surface area contributed by atoms with Crippen LogP contribution in [0.4, 0.5) is 24.5 Å². The lowest BCUT2D eigenvalue weighted by Crippen LogP contribution is -2.43. The van der Waals surface area contributed by atoms with Crippen molar-refractivity contribution in [2.45, 2.75) is 6.18 Å². The van der Waals surface area contributed by atoms with Gasteiger partial charge in [0.25, 0.3) is 0 Å². The number of aromatic carboxylic acids is 1. The van der Waals surface area contributed by atoms with Crippen LogP contribution in [0.3, 0.4) is 0 Å². The Labute approximate surface area is 118 Å². The fourth-order valence-corrected chi connectivity index (χ4v) is 2.36. The summed E-state index contributed by atoms with van der Waals surface area (Å²) in [5.41, 5.74) is 4.71. The summed E-state index contributed by atoms with van der Waals surface area (Å²) >= 11 is 0. The largest absolute Gasteiger partial charge is 0.478 e. The second-order valence-corrected chi connectivity index (χ2v) is 5.78. The summed E-state index contributed by atoms with van der Waals surface area (Å²) in [5, 5.41) is 8.99. The highest BCUT2D eigenvalue weighted by Crippen LogP contribution is 2.24. The molecule has 0 aliphatic carbocycles. The molecule has 0 atom stereocenters. The van der Waals surface area contributed by atoms with Crippen molar-refractivity contribution in [3.63, 3.8) is 0 Å². The number of carboxylic acid groups (broad SMARTS) is 1. The van der Waals surface area contributed by atoms with Gasteiger partial charge in [-0.1, -0.05) is 0 Å². The van der Waals surface area contributed by atoms with Crippen molar-refractivity contribution in [1.82, 2.24) is 4.72 Å². The van der Waals surface area contributed by atoms with Gasteiger partial charge < -0.3 is 10.8 Å². The zero-order valence-electron chi connectivity index (χ0n) is 10.7. The number of alkyl halides is 3. The Kier molecular flexibility index (Phi) is 4.69. The number of halogens is 3. The summed E-state index contributed by atoms with van der Waals surface area (Å²) in [6, 6.07) is 3.33. The van der Waals surface area contributed by atoms with Crippen molar-refractivity contribution in [2.24, 2.45) is 0 Å². The predicted molar refractivity (Wildman–Crippen MR) is 69.2 cm³/mol. The Morgan fingerprint density at radius 3 is 2.48 bits per heavy atom. The molecule has 0 aliphatic heterocycles. The molecule has 0 amide bonds. The van der Waals surface area contributed by atoms with E-state index in [1.807, 2.05) is 0 Å². The molecule has 0 unspecified atom stereocenters. The first-order valence-electron chi connectivity index (χ1n) is 5.37. The van der Waals surface area contributed by atoms with Crippen LogP contribution in [0.1, 0.15) is 10.4 Å². The van der Waals surface area contributed by atoms with Crippen LogP contribution in [-0.4, -0.2) is 39.3 Å². The molecule has 0 bridgehead atoms. The van der Waals surface area contributed by atoms with E-state index < -0.39 is 34.5 Å². The van der Waals surface area contributed by atoms with Gasteiger partial charge in [0.05, 0.1) is 11.3 Å². The summed E-state index contributed by atoms with van der Waals surface area (Å²) in [6.07, 6.45) is -4.73. The van der Waals surface area contributed by atoms with E-state index in [0.717, 1.165) is 19.2 Å². The maximum Gasteiger partial charge on any atom is 0.402 e. The molecule has 0 radical (unpaired) electrons. The average Bonchev–Trinajstić information content (AvgIpc) is 2.34. The Morgan fingerprint density at radius 2 is 2.00 bits per heavy atom. The number of carbonyl (C=O) groups is 1. The van der Waals surface area contributed by atoms with Gasteiger partial charge in [-0.05, 0) is 18.2 Å². The van der Waals surface area contributed by atoms with Crippen molar-refractivity contribution < 1.29 is 31.5 Å². The lowest BCUT2D eigenvalue weighted by Gasteiger charge is -2.22. The van der Waals surface area contributed by atoms with Crippen LogP contribution in [0.5, 0.6) is 0 Å². The van der Waals surface area contributed by atoms with Crippen LogP contribution < -0.4 is 14.8 Å². The number of carboxylic acids is 1. The lowest BCUT2D eigenvalue weighted by molar-refractivity contribution is -0.121. The normalized spacial score (nSPS) is 12.2. The highest BCUT2D eigenvalue weighted by atomic mass is 32.2. The molecule has 1 rings (SSSR count). The summed E-state index contributed by atoms with van der Waals surface area (Å²) in [5.74, 6) is -1.46. The maximum absolute atomic E-state index is 12.1. The molecular formula is C10H12F3N3O4S. The van der Waals surface area contributed by atoms with Crippen molar-refractivity contribution in [3.8, 4) is 0 Å². The van der Waals surface area contributed by atoms with Gasteiger partial charge in [-0.3, -0.25) is 4.31 Å². The number of nitrogens with one attached hydrogen (secondary N) is 1. The van der Waals surface area contributed by atoms with Gasteiger partial charge in [-0.25, -0.2) is 4.79 Å². The zero-order valence-corrected chi connectivity index (χ0v) is 11.5. The summed E-state index contributed by atoms with van der Waals surface area (Å²) in [6.45, 7) is -1.77. The van der Waals surface area contributed by atoms with Crippen LogP contribution in [0.2, 0.25) is 0 Å². The number of nitrogens with two attached hydrogens (primary N) is 1. The Bertz CT molecular complexity index is 645. The predicted octanol–water partition coefficient (Wildman–Crippen LogP) is 0.800. The molecule has 0 saturated heterocycles. The van der Waals surface area contributed by atoms with Crippen molar-refractivity contribution in [1.29, 1.82) is 0 Å². The van der Waals surface area contributed by atoms with Crippen LogP contribution in [-0.2, 0) is 10.2 Å². The molecule has 7 nitrogen and oxygen atoms in total. The van der Waals surface area contributed by atoms with Gasteiger partial charge in [0.15, 0.2) is 0 Å². The first kappa shape index (κ1) is 17.0. The van der Waals surface area contributed by atoms with Crippen molar-refractivity contribution in [2.75, 3.05) is 23.6 Å². The number of hydrogen-bond acceptors (Lipinski definition) is 4. The number of anilines is 2. The van der Waals surface area contributed by atoms with E-state index in [1.165, 1.54) is 10.8 Å². The molecule has 0 spiro atoms. The lowest BCUT2D eigenvalue weighted by atomic mass is 10.1. The molecule has 1 aromatic carbocycles. The standard InChI is InChI=1S/C10H12F3N3O4S/c1-16(21(19,20)15-5-10(11,12)13)8-3-2-6(14)4-7(8)9(17)18/h2-4,15H,5,14H2,1H3,(H,17,18). The first-order valence-corrected chi connectivity index (χ1v) is 6.81. The van der Waals surface area contributed by atoms with E-state index in [0.29, 0.717) is 4.31 Å². The first-order chi connectivity index (χ1) is 9.44. The van der Waals surface area contributed by atoms with Crippen LogP contribution >= 0.6 is 0 Å². The molecule has 118 valence electrons. The Hall–Kier alpha value is -2.01. The van der Waals surface area contributed by atoms with Crippen LogP contribution in [0.15, 0.2) is 18.2 Å². The number of nitrogens with zero attached hydrogens (tertiary/aromatic N) is 1. The van der Waals surface area contributed by atoms with Crippen molar-refractivity contribution in [3.05, 3.63) is 23.8 Å². The maximum atomic E-state index is 12.1. The van der Waals surface area contributed by atoms with Gasteiger partial charge in [0.2, 0.25) is 0 Å².